The summed E-state index contributed by atoms with van der Waals surface area (Å²) in [6, 6.07) is 1.27. The molecule has 1 aromatic heterocycles. The molecule has 0 atom stereocenters. The first kappa shape index (κ1) is 12.2. The average molecular weight is 227 g/mol. The van der Waals surface area contributed by atoms with E-state index in [4.69, 9.17) is 10.5 Å². The van der Waals surface area contributed by atoms with Crippen LogP contribution in [0.15, 0.2) is 12.3 Å². The van der Waals surface area contributed by atoms with E-state index in [0.717, 1.165) is 6.20 Å². The van der Waals surface area contributed by atoms with E-state index in [1.54, 1.807) is 20.8 Å². The zero-order valence-corrected chi connectivity index (χ0v) is 9.37. The highest BCUT2D eigenvalue weighted by Crippen LogP contribution is 2.15. The van der Waals surface area contributed by atoms with Crippen LogP contribution in [0.5, 0.6) is 0 Å². The van der Waals surface area contributed by atoms with Crippen molar-refractivity contribution in [1.82, 2.24) is 4.98 Å². The second kappa shape index (κ2) is 4.34. The molecule has 0 fully saturated rings. The molecule has 5 nitrogen and oxygen atoms in total. The Bertz CT molecular complexity index is 402. The van der Waals surface area contributed by atoms with Gasteiger partial charge in [0.25, 0.3) is 0 Å². The maximum atomic E-state index is 12.7. The largest absolute Gasteiger partial charge is 0.444 e. The van der Waals surface area contributed by atoms with Gasteiger partial charge in [0.05, 0.1) is 17.6 Å². The monoisotopic (exact) mass is 227 g/mol. The number of hydrogen-bond acceptors (Lipinski definition) is 4. The summed E-state index contributed by atoms with van der Waals surface area (Å²) in [6.07, 6.45) is 0.524. The zero-order valence-electron chi connectivity index (χ0n) is 9.37. The van der Waals surface area contributed by atoms with Gasteiger partial charge in [-0.3, -0.25) is 5.32 Å². The Labute approximate surface area is 92.8 Å². The van der Waals surface area contributed by atoms with Gasteiger partial charge in [0.2, 0.25) is 5.95 Å². The van der Waals surface area contributed by atoms with Gasteiger partial charge < -0.3 is 10.5 Å². The number of ether oxygens (including phenoxy) is 1. The van der Waals surface area contributed by atoms with E-state index in [0.29, 0.717) is 0 Å². The molecule has 0 aliphatic heterocycles. The molecule has 0 spiro atoms. The molecule has 0 bridgehead atoms. The lowest BCUT2D eigenvalue weighted by atomic mass is 10.2. The summed E-state index contributed by atoms with van der Waals surface area (Å²) >= 11 is 0. The minimum absolute atomic E-state index is 0.131. The van der Waals surface area contributed by atoms with Crippen LogP contribution in [0.1, 0.15) is 20.8 Å². The van der Waals surface area contributed by atoms with Crippen LogP contribution in [0.25, 0.3) is 0 Å². The first-order valence-corrected chi connectivity index (χ1v) is 4.69. The van der Waals surface area contributed by atoms with Gasteiger partial charge in [-0.05, 0) is 26.8 Å². The van der Waals surface area contributed by atoms with E-state index >= 15 is 0 Å². The third-order valence-corrected chi connectivity index (χ3v) is 1.51. The first-order chi connectivity index (χ1) is 7.28. The quantitative estimate of drug-likeness (QED) is 0.720. The second-order valence-electron chi connectivity index (χ2n) is 4.23. The van der Waals surface area contributed by atoms with Gasteiger partial charge in [-0.15, -0.1) is 0 Å². The number of nitrogens with zero attached hydrogens (tertiary/aromatic N) is 1. The summed E-state index contributed by atoms with van der Waals surface area (Å²) < 4.78 is 17.7. The normalized spacial score (nSPS) is 11.0. The number of carbonyl (C=O) groups is 1. The lowest BCUT2D eigenvalue weighted by molar-refractivity contribution is 0.0636. The van der Waals surface area contributed by atoms with Crippen molar-refractivity contribution < 1.29 is 13.9 Å². The number of amides is 1. The lowest BCUT2D eigenvalue weighted by Crippen LogP contribution is -2.27. The third kappa shape index (κ3) is 3.72. The highest BCUT2D eigenvalue weighted by atomic mass is 19.1. The molecule has 1 heterocycles. The molecule has 16 heavy (non-hydrogen) atoms. The van der Waals surface area contributed by atoms with Gasteiger partial charge in [-0.1, -0.05) is 0 Å². The van der Waals surface area contributed by atoms with Crippen molar-refractivity contribution in [3.05, 3.63) is 18.2 Å². The van der Waals surface area contributed by atoms with Crippen LogP contribution in [0.2, 0.25) is 0 Å². The van der Waals surface area contributed by atoms with Crippen LogP contribution >= 0.6 is 0 Å². The van der Waals surface area contributed by atoms with Gasteiger partial charge in [0.1, 0.15) is 5.60 Å². The van der Waals surface area contributed by atoms with E-state index in [2.05, 4.69) is 10.3 Å². The minimum atomic E-state index is -0.769. The average Bonchev–Trinajstić information content (AvgIpc) is 2.08. The number of pyridine rings is 1. The zero-order chi connectivity index (χ0) is 12.3. The summed E-state index contributed by atoms with van der Waals surface area (Å²) in [5.74, 6) is -0.769. The van der Waals surface area contributed by atoms with Gasteiger partial charge in [-0.2, -0.15) is 4.39 Å². The van der Waals surface area contributed by atoms with Crippen molar-refractivity contribution in [3.63, 3.8) is 0 Å². The summed E-state index contributed by atoms with van der Waals surface area (Å²) in [6.45, 7) is 5.22. The highest BCUT2D eigenvalue weighted by Gasteiger charge is 2.16. The maximum absolute atomic E-state index is 12.7. The molecular formula is C10H14FN3O2. The summed E-state index contributed by atoms with van der Waals surface area (Å²) in [4.78, 5) is 14.7. The van der Waals surface area contributed by atoms with Gasteiger partial charge in [-0.25, -0.2) is 9.78 Å². The molecular weight excluding hydrogens is 213 g/mol. The fourth-order valence-electron chi connectivity index (χ4n) is 0.955. The van der Waals surface area contributed by atoms with E-state index in [1.165, 1.54) is 6.07 Å². The predicted octanol–water partition coefficient (Wildman–Crippen LogP) is 2.15. The number of anilines is 2. The van der Waals surface area contributed by atoms with Crippen LogP contribution in [-0.4, -0.2) is 16.7 Å². The van der Waals surface area contributed by atoms with Crippen molar-refractivity contribution in [2.75, 3.05) is 11.1 Å². The maximum Gasteiger partial charge on any atom is 0.412 e. The number of carbonyl (C=O) groups excluding carboxylic acids is 1. The van der Waals surface area contributed by atoms with E-state index in [9.17, 15) is 9.18 Å². The number of aromatic nitrogens is 1. The number of hydrogen-bond donors (Lipinski definition) is 2. The topological polar surface area (TPSA) is 77.2 Å². The molecule has 0 radical (unpaired) electrons. The van der Waals surface area contributed by atoms with E-state index < -0.39 is 17.6 Å². The highest BCUT2D eigenvalue weighted by molar-refractivity contribution is 5.85. The fraction of sp³-hybridized carbons (Fsp3) is 0.400. The molecule has 88 valence electrons. The fourth-order valence-corrected chi connectivity index (χ4v) is 0.955. The molecule has 0 unspecified atom stereocenters. The Morgan fingerprint density at radius 1 is 1.56 bits per heavy atom. The Kier molecular flexibility index (Phi) is 3.31. The smallest absolute Gasteiger partial charge is 0.412 e. The van der Waals surface area contributed by atoms with Crippen LogP contribution in [0.4, 0.5) is 20.6 Å². The molecule has 1 aromatic rings. The Morgan fingerprint density at radius 3 is 2.69 bits per heavy atom. The number of nitrogens with one attached hydrogen (secondary N) is 1. The Morgan fingerprint density at radius 2 is 2.19 bits per heavy atom. The van der Waals surface area contributed by atoms with Gasteiger partial charge >= 0.3 is 6.09 Å². The summed E-state index contributed by atoms with van der Waals surface area (Å²) in [5, 5.41) is 2.40. The number of nitrogen functional groups attached to an aromatic ring is 1. The summed E-state index contributed by atoms with van der Waals surface area (Å²) in [5.41, 5.74) is 4.85. The van der Waals surface area contributed by atoms with Crippen molar-refractivity contribution in [3.8, 4) is 0 Å². The standard InChI is InChI=1S/C10H14FN3O2/c1-10(2,3)16-9(15)14-6-4-7(12)8(11)13-5-6/h4-5H,12H2,1-3H3,(H,14,15). The molecule has 6 heteroatoms. The van der Waals surface area contributed by atoms with Crippen LogP contribution in [-0.2, 0) is 4.74 Å². The van der Waals surface area contributed by atoms with Crippen molar-refractivity contribution >= 4 is 17.5 Å². The van der Waals surface area contributed by atoms with Gasteiger partial charge in [0, 0.05) is 0 Å². The van der Waals surface area contributed by atoms with Crippen molar-refractivity contribution in [2.45, 2.75) is 26.4 Å². The molecule has 1 rings (SSSR count). The Balaban J connectivity index is 2.67. The van der Waals surface area contributed by atoms with Crippen LogP contribution < -0.4 is 11.1 Å². The second-order valence-corrected chi connectivity index (χ2v) is 4.23. The first-order valence-electron chi connectivity index (χ1n) is 4.69. The molecule has 1 amide bonds. The number of rotatable bonds is 1. The molecule has 0 saturated carbocycles. The van der Waals surface area contributed by atoms with Crippen LogP contribution in [0, 0.1) is 5.95 Å². The molecule has 0 aromatic carbocycles. The van der Waals surface area contributed by atoms with E-state index in [-0.39, 0.29) is 11.4 Å². The predicted molar refractivity (Wildman–Crippen MR) is 58.5 cm³/mol. The van der Waals surface area contributed by atoms with Crippen molar-refractivity contribution in [2.24, 2.45) is 0 Å². The van der Waals surface area contributed by atoms with Gasteiger partial charge in [0.15, 0.2) is 0 Å². The Hall–Kier alpha value is -1.85. The molecule has 0 saturated heterocycles. The SMILES string of the molecule is CC(C)(C)OC(=O)Nc1cnc(F)c(N)c1. The molecule has 3 N–H and O–H groups in total. The van der Waals surface area contributed by atoms with E-state index in [1.807, 2.05) is 0 Å². The minimum Gasteiger partial charge on any atom is -0.444 e. The third-order valence-electron chi connectivity index (χ3n) is 1.51. The lowest BCUT2D eigenvalue weighted by Gasteiger charge is -2.19. The summed E-state index contributed by atoms with van der Waals surface area (Å²) in [7, 11) is 0. The van der Waals surface area contributed by atoms with Crippen LogP contribution in [0.3, 0.4) is 0 Å². The molecule has 0 aliphatic carbocycles. The molecule has 0 aliphatic rings. The number of halogens is 1. The van der Waals surface area contributed by atoms with Crippen molar-refractivity contribution in [1.29, 1.82) is 0 Å². The number of nitrogens with two attached hydrogens (primary N) is 1.